The summed E-state index contributed by atoms with van der Waals surface area (Å²) < 4.78 is 46.2. The van der Waals surface area contributed by atoms with Crippen LogP contribution in [-0.4, -0.2) is 87.1 Å². The van der Waals surface area contributed by atoms with E-state index < -0.39 is 32.5 Å². The lowest BCUT2D eigenvalue weighted by Crippen LogP contribution is -2.37. The first kappa shape index (κ1) is 51.6. The molecule has 1 aromatic heterocycles. The fourth-order valence-corrected chi connectivity index (χ4v) is 7.13. The summed E-state index contributed by atoms with van der Waals surface area (Å²) in [5.74, 6) is 1.33. The molecule has 332 valence electrons. The molecule has 0 amide bonds. The summed E-state index contributed by atoms with van der Waals surface area (Å²) >= 11 is 0. The van der Waals surface area contributed by atoms with Crippen molar-refractivity contribution in [1.82, 2.24) is 0 Å². The number of hydrogen-bond acceptors (Lipinski definition) is 9. The molecule has 1 saturated heterocycles. The average Bonchev–Trinajstić information content (AvgIpc) is 3.87. The van der Waals surface area contributed by atoms with Crippen molar-refractivity contribution in [2.45, 2.75) is 174 Å². The Morgan fingerprint density at radius 2 is 1.33 bits per heavy atom. The van der Waals surface area contributed by atoms with Crippen molar-refractivity contribution in [2.75, 3.05) is 47.5 Å². The third-order valence-electron chi connectivity index (χ3n) is 10.2. The number of rotatable bonds is 35. The van der Waals surface area contributed by atoms with Crippen molar-refractivity contribution in [3.63, 3.8) is 0 Å². The number of quaternary nitrogens is 1. The van der Waals surface area contributed by atoms with Crippen LogP contribution in [0.1, 0.15) is 152 Å². The number of ether oxygens (including phenoxy) is 3. The maximum absolute atomic E-state index is 12.7. The Morgan fingerprint density at radius 1 is 0.724 bits per heavy atom. The number of unbranched alkanes of at least 4 members (excludes halogenated alkanes) is 9. The van der Waals surface area contributed by atoms with Crippen LogP contribution >= 0.6 is 7.82 Å². The minimum atomic E-state index is -4.41. The number of allylic oxidation sites excluding steroid dienone is 4. The van der Waals surface area contributed by atoms with Crippen LogP contribution in [0.25, 0.3) is 0 Å². The zero-order chi connectivity index (χ0) is 42.7. The van der Waals surface area contributed by atoms with E-state index in [-0.39, 0.29) is 26.1 Å². The Balaban J connectivity index is 1.67. The van der Waals surface area contributed by atoms with Crippen LogP contribution in [0.15, 0.2) is 40.9 Å². The number of epoxide rings is 1. The van der Waals surface area contributed by atoms with Gasteiger partial charge in [-0.1, -0.05) is 88.8 Å². The molecular formula is C46H79NO10P+. The van der Waals surface area contributed by atoms with Gasteiger partial charge in [0.1, 0.15) is 31.3 Å². The van der Waals surface area contributed by atoms with E-state index in [1.807, 2.05) is 27.2 Å². The number of aryl methyl sites for hydroxylation is 2. The minimum Gasteiger partial charge on any atom is -0.466 e. The number of likely N-dealkylation sites (N-methyl/N-ethyl adjacent to an activating group) is 1. The molecule has 1 aliphatic rings. The van der Waals surface area contributed by atoms with Crippen LogP contribution in [0, 0.1) is 13.8 Å². The standard InChI is InChI=1S/C46H78NO10P/c1-8-10-11-12-18-24-30-43-44(57-43)31-25-20-14-13-15-22-27-33-46(49)55-40(37-54-58(50,51)53-35-34-47(5,6)7)36-52-45(48)32-26-21-17-16-19-23-29-42-39(4)38(3)41(56-42)28-9-2/h13,15,18,20,24-25,40,43-44H,8-12,14,16-17,19,21-23,26-37H2,1-7H3/p+1/b15-13-,24-18-,25-20-/t40-,43?,44?/m1/s1. The fourth-order valence-electron chi connectivity index (χ4n) is 6.39. The minimum absolute atomic E-state index is 0.00971. The normalized spacial score (nSPS) is 17.4. The van der Waals surface area contributed by atoms with E-state index in [0.717, 1.165) is 88.6 Å². The molecule has 2 heterocycles. The highest BCUT2D eigenvalue weighted by Gasteiger charge is 2.36. The zero-order valence-electron chi connectivity index (χ0n) is 37.2. The molecule has 1 fully saturated rings. The molecule has 4 atom stereocenters. The molecule has 0 bridgehead atoms. The number of hydrogen-bond donors (Lipinski definition) is 1. The molecule has 2 rings (SSSR count). The second-order valence-corrected chi connectivity index (χ2v) is 18.2. The molecule has 0 aliphatic carbocycles. The van der Waals surface area contributed by atoms with Gasteiger partial charge in [0.05, 0.1) is 40.0 Å². The molecule has 1 aromatic rings. The number of esters is 2. The van der Waals surface area contributed by atoms with E-state index in [9.17, 15) is 19.0 Å². The highest BCUT2D eigenvalue weighted by Crippen LogP contribution is 2.43. The number of carbonyl (C=O) groups is 2. The van der Waals surface area contributed by atoms with E-state index in [0.29, 0.717) is 42.5 Å². The number of nitrogens with zero attached hydrogens (tertiary/aromatic N) is 1. The van der Waals surface area contributed by atoms with Gasteiger partial charge >= 0.3 is 19.8 Å². The van der Waals surface area contributed by atoms with Crippen LogP contribution in [0.5, 0.6) is 0 Å². The Hall–Kier alpha value is -2.53. The largest absolute Gasteiger partial charge is 0.472 e. The predicted molar refractivity (Wildman–Crippen MR) is 232 cm³/mol. The number of phosphoric acid groups is 1. The Labute approximate surface area is 351 Å². The first-order valence-electron chi connectivity index (χ1n) is 22.2. The summed E-state index contributed by atoms with van der Waals surface area (Å²) in [4.78, 5) is 35.5. The van der Waals surface area contributed by atoms with E-state index in [1.165, 1.54) is 30.4 Å². The first-order valence-corrected chi connectivity index (χ1v) is 23.7. The lowest BCUT2D eigenvalue weighted by Gasteiger charge is -2.24. The van der Waals surface area contributed by atoms with E-state index in [1.54, 1.807) is 0 Å². The highest BCUT2D eigenvalue weighted by molar-refractivity contribution is 7.47. The van der Waals surface area contributed by atoms with Gasteiger partial charge < -0.3 is 28.0 Å². The molecule has 0 radical (unpaired) electrons. The maximum Gasteiger partial charge on any atom is 0.472 e. The molecular weight excluding hydrogens is 757 g/mol. The van der Waals surface area contributed by atoms with Gasteiger partial charge in [-0.2, -0.15) is 0 Å². The second kappa shape index (κ2) is 29.7. The molecule has 1 aliphatic heterocycles. The van der Waals surface area contributed by atoms with Crippen molar-refractivity contribution in [3.05, 3.63) is 59.1 Å². The molecule has 11 nitrogen and oxygen atoms in total. The van der Waals surface area contributed by atoms with Gasteiger partial charge in [0.25, 0.3) is 0 Å². The van der Waals surface area contributed by atoms with Gasteiger partial charge in [0.15, 0.2) is 6.10 Å². The summed E-state index contributed by atoms with van der Waals surface area (Å²) in [5, 5.41) is 0. The summed E-state index contributed by atoms with van der Waals surface area (Å²) in [6, 6.07) is 0. The summed E-state index contributed by atoms with van der Waals surface area (Å²) in [7, 11) is 1.40. The molecule has 12 heteroatoms. The van der Waals surface area contributed by atoms with Gasteiger partial charge in [-0.3, -0.25) is 18.6 Å². The van der Waals surface area contributed by atoms with Crippen molar-refractivity contribution in [1.29, 1.82) is 0 Å². The lowest BCUT2D eigenvalue weighted by molar-refractivity contribution is -0.870. The van der Waals surface area contributed by atoms with E-state index >= 15 is 0 Å². The van der Waals surface area contributed by atoms with E-state index in [4.69, 9.17) is 27.7 Å². The van der Waals surface area contributed by atoms with Gasteiger partial charge in [-0.05, 0) is 89.2 Å². The quantitative estimate of drug-likeness (QED) is 0.0176. The second-order valence-electron chi connectivity index (χ2n) is 16.7. The smallest absolute Gasteiger partial charge is 0.466 e. The third-order valence-corrected chi connectivity index (χ3v) is 11.2. The van der Waals surface area contributed by atoms with E-state index in [2.05, 4.69) is 58.1 Å². The van der Waals surface area contributed by atoms with Gasteiger partial charge in [0, 0.05) is 25.7 Å². The highest BCUT2D eigenvalue weighted by atomic mass is 31.2. The zero-order valence-corrected chi connectivity index (χ0v) is 38.1. The lowest BCUT2D eigenvalue weighted by atomic mass is 10.0. The van der Waals surface area contributed by atoms with Crippen molar-refractivity contribution in [3.8, 4) is 0 Å². The Bertz CT molecular complexity index is 1430. The SMILES string of the molecule is CCCCC/C=C\CC1OC1C/C=C\C/C=C\CCCC(=O)O[C@H](COC(=O)CCCCCCCCc1oc(CCC)c(C)c1C)COP(=O)(O)OCC[N+](C)(C)C. The summed E-state index contributed by atoms with van der Waals surface area (Å²) in [6.45, 7) is 8.47. The molecule has 1 N–H and O–H groups in total. The number of furan rings is 1. The fraction of sp³-hybridized carbons (Fsp3) is 0.739. The van der Waals surface area contributed by atoms with Crippen molar-refractivity contribution in [2.24, 2.45) is 0 Å². The molecule has 0 spiro atoms. The van der Waals surface area contributed by atoms with Crippen molar-refractivity contribution >= 4 is 19.8 Å². The number of phosphoric ester groups is 1. The molecule has 0 saturated carbocycles. The Kier molecular flexibility index (Phi) is 26.4. The molecule has 0 aromatic carbocycles. The van der Waals surface area contributed by atoms with Crippen LogP contribution in [0.2, 0.25) is 0 Å². The van der Waals surface area contributed by atoms with Gasteiger partial charge in [-0.15, -0.1) is 0 Å². The van der Waals surface area contributed by atoms with Gasteiger partial charge in [-0.25, -0.2) is 4.57 Å². The predicted octanol–water partition coefficient (Wildman–Crippen LogP) is 10.8. The van der Waals surface area contributed by atoms with Crippen LogP contribution in [-0.2, 0) is 50.3 Å². The average molecular weight is 837 g/mol. The summed E-state index contributed by atoms with van der Waals surface area (Å²) in [5.41, 5.74) is 2.57. The third kappa shape index (κ3) is 25.2. The maximum atomic E-state index is 12.7. The monoisotopic (exact) mass is 837 g/mol. The van der Waals surface area contributed by atoms with Gasteiger partial charge in [0.2, 0.25) is 0 Å². The number of carbonyl (C=O) groups excluding carboxylic acids is 2. The van der Waals surface area contributed by atoms with Crippen LogP contribution < -0.4 is 0 Å². The topological polar surface area (TPSA) is 134 Å². The van der Waals surface area contributed by atoms with Crippen LogP contribution in [0.4, 0.5) is 0 Å². The van der Waals surface area contributed by atoms with Crippen molar-refractivity contribution < 1.29 is 51.2 Å². The summed E-state index contributed by atoms with van der Waals surface area (Å²) in [6.07, 6.45) is 30.9. The Morgan fingerprint density at radius 3 is 2.02 bits per heavy atom. The van der Waals surface area contributed by atoms with Crippen LogP contribution in [0.3, 0.4) is 0 Å². The molecule has 3 unspecified atom stereocenters. The first-order chi connectivity index (χ1) is 27.7. The molecule has 58 heavy (non-hydrogen) atoms.